The summed E-state index contributed by atoms with van der Waals surface area (Å²) in [5.41, 5.74) is 6.79. The first-order chi connectivity index (χ1) is 13.1. The molecule has 1 aromatic heterocycles. The molecule has 0 amide bonds. The van der Waals surface area contributed by atoms with Crippen LogP contribution in [0.15, 0.2) is 54.6 Å². The lowest BCUT2D eigenvalue weighted by Gasteiger charge is -2.14. The van der Waals surface area contributed by atoms with Gasteiger partial charge in [0.1, 0.15) is 30.3 Å². The molecule has 7 nitrogen and oxygen atoms in total. The number of hydrogen-bond donors (Lipinski definition) is 2. The standard InChI is InChI=1S/C20H19N3O4/c1-13-17(19(24)25)18(23-20(21)22-13)15-9-5-6-10-16(15)27-12-11-26-14-7-3-2-4-8-14/h2-10H,11-12H2,1H3,(H,24,25)(H2,21,22,23). The van der Waals surface area contributed by atoms with E-state index in [-0.39, 0.29) is 23.8 Å². The van der Waals surface area contributed by atoms with E-state index >= 15 is 0 Å². The van der Waals surface area contributed by atoms with Crippen molar-refractivity contribution in [3.8, 4) is 22.8 Å². The van der Waals surface area contributed by atoms with Crippen LogP contribution in [0.3, 0.4) is 0 Å². The van der Waals surface area contributed by atoms with E-state index in [9.17, 15) is 9.90 Å². The summed E-state index contributed by atoms with van der Waals surface area (Å²) in [4.78, 5) is 19.8. The Bertz CT molecular complexity index is 945. The zero-order valence-corrected chi connectivity index (χ0v) is 14.8. The van der Waals surface area contributed by atoms with Crippen LogP contribution < -0.4 is 15.2 Å². The Labute approximate surface area is 156 Å². The van der Waals surface area contributed by atoms with Crippen molar-refractivity contribution < 1.29 is 19.4 Å². The normalized spacial score (nSPS) is 10.4. The van der Waals surface area contributed by atoms with Crippen LogP contribution in [0.4, 0.5) is 5.95 Å². The number of para-hydroxylation sites is 2. The van der Waals surface area contributed by atoms with Crippen molar-refractivity contribution in [2.75, 3.05) is 18.9 Å². The SMILES string of the molecule is Cc1nc(N)nc(-c2ccccc2OCCOc2ccccc2)c1C(=O)O. The third-order valence-electron chi connectivity index (χ3n) is 3.82. The number of rotatable bonds is 7. The maximum atomic E-state index is 11.7. The third kappa shape index (κ3) is 4.33. The van der Waals surface area contributed by atoms with Crippen molar-refractivity contribution >= 4 is 11.9 Å². The van der Waals surface area contributed by atoms with Gasteiger partial charge in [-0.15, -0.1) is 0 Å². The van der Waals surface area contributed by atoms with Gasteiger partial charge in [-0.3, -0.25) is 0 Å². The predicted molar refractivity (Wildman–Crippen MR) is 101 cm³/mol. The van der Waals surface area contributed by atoms with Gasteiger partial charge in [0, 0.05) is 5.56 Å². The monoisotopic (exact) mass is 365 g/mol. The second kappa shape index (κ2) is 8.18. The molecule has 0 bridgehead atoms. The molecule has 3 aromatic rings. The van der Waals surface area contributed by atoms with Gasteiger partial charge in [-0.25, -0.2) is 14.8 Å². The first-order valence-corrected chi connectivity index (χ1v) is 8.33. The number of nitrogen functional groups attached to an aromatic ring is 1. The molecular weight excluding hydrogens is 346 g/mol. The summed E-state index contributed by atoms with van der Waals surface area (Å²) in [5.74, 6) is 0.135. The highest BCUT2D eigenvalue weighted by atomic mass is 16.5. The quantitative estimate of drug-likeness (QED) is 0.619. The lowest BCUT2D eigenvalue weighted by molar-refractivity contribution is 0.0696. The van der Waals surface area contributed by atoms with Gasteiger partial charge in [0.15, 0.2) is 0 Å². The summed E-state index contributed by atoms with van der Waals surface area (Å²) in [6.45, 7) is 2.21. The smallest absolute Gasteiger partial charge is 0.339 e. The van der Waals surface area contributed by atoms with Crippen molar-refractivity contribution in [1.82, 2.24) is 9.97 Å². The van der Waals surface area contributed by atoms with E-state index < -0.39 is 5.97 Å². The molecule has 0 unspecified atom stereocenters. The van der Waals surface area contributed by atoms with E-state index in [1.807, 2.05) is 30.3 Å². The molecule has 0 atom stereocenters. The number of carboxylic acids is 1. The molecule has 3 rings (SSSR count). The van der Waals surface area contributed by atoms with Crippen LogP contribution in [-0.4, -0.2) is 34.3 Å². The number of nitrogens with zero attached hydrogens (tertiary/aromatic N) is 2. The van der Waals surface area contributed by atoms with Crippen LogP contribution >= 0.6 is 0 Å². The number of anilines is 1. The van der Waals surface area contributed by atoms with Crippen molar-refractivity contribution in [3.63, 3.8) is 0 Å². The van der Waals surface area contributed by atoms with Gasteiger partial charge < -0.3 is 20.3 Å². The molecule has 0 aliphatic carbocycles. The summed E-state index contributed by atoms with van der Waals surface area (Å²) in [7, 11) is 0. The zero-order chi connectivity index (χ0) is 19.2. The molecule has 1 heterocycles. The van der Waals surface area contributed by atoms with Gasteiger partial charge in [-0.1, -0.05) is 30.3 Å². The highest BCUT2D eigenvalue weighted by Crippen LogP contribution is 2.32. The molecule has 27 heavy (non-hydrogen) atoms. The summed E-state index contributed by atoms with van der Waals surface area (Å²) < 4.78 is 11.4. The average molecular weight is 365 g/mol. The average Bonchev–Trinajstić information content (AvgIpc) is 2.65. The maximum Gasteiger partial charge on any atom is 0.339 e. The Hall–Kier alpha value is -3.61. The number of carbonyl (C=O) groups is 1. The van der Waals surface area contributed by atoms with Crippen molar-refractivity contribution in [2.24, 2.45) is 0 Å². The molecule has 0 fully saturated rings. The number of benzene rings is 2. The summed E-state index contributed by atoms with van der Waals surface area (Å²) >= 11 is 0. The van der Waals surface area contributed by atoms with Gasteiger partial charge in [0.25, 0.3) is 0 Å². The molecule has 0 saturated carbocycles. The number of nitrogens with two attached hydrogens (primary N) is 1. The van der Waals surface area contributed by atoms with Gasteiger partial charge in [0.05, 0.1) is 11.4 Å². The van der Waals surface area contributed by atoms with E-state index in [2.05, 4.69) is 9.97 Å². The van der Waals surface area contributed by atoms with Gasteiger partial charge in [0.2, 0.25) is 5.95 Å². The lowest BCUT2D eigenvalue weighted by atomic mass is 10.0. The highest BCUT2D eigenvalue weighted by molar-refractivity contribution is 5.97. The van der Waals surface area contributed by atoms with Crippen LogP contribution in [0, 0.1) is 6.92 Å². The molecule has 0 aliphatic heterocycles. The minimum atomic E-state index is -1.12. The van der Waals surface area contributed by atoms with Crippen LogP contribution in [0.25, 0.3) is 11.3 Å². The first kappa shape index (κ1) is 18.2. The van der Waals surface area contributed by atoms with Crippen molar-refractivity contribution in [2.45, 2.75) is 6.92 Å². The molecule has 0 radical (unpaired) electrons. The third-order valence-corrected chi connectivity index (χ3v) is 3.82. The predicted octanol–water partition coefficient (Wildman–Crippen LogP) is 3.19. The number of carboxylic acid groups (broad SMARTS) is 1. The zero-order valence-electron chi connectivity index (χ0n) is 14.8. The van der Waals surface area contributed by atoms with Crippen molar-refractivity contribution in [1.29, 1.82) is 0 Å². The van der Waals surface area contributed by atoms with Crippen LogP contribution in [-0.2, 0) is 0 Å². The molecular formula is C20H19N3O4. The van der Waals surface area contributed by atoms with E-state index in [4.69, 9.17) is 15.2 Å². The van der Waals surface area contributed by atoms with Gasteiger partial charge >= 0.3 is 5.97 Å². The number of aromatic nitrogens is 2. The Kier molecular flexibility index (Phi) is 5.51. The second-order valence-electron chi connectivity index (χ2n) is 5.70. The Balaban J connectivity index is 1.81. The Morgan fingerprint density at radius 1 is 1.00 bits per heavy atom. The number of aryl methyl sites for hydroxylation is 1. The minimum absolute atomic E-state index is 0.000727. The van der Waals surface area contributed by atoms with E-state index in [0.29, 0.717) is 23.6 Å². The lowest BCUT2D eigenvalue weighted by Crippen LogP contribution is -2.12. The fraction of sp³-hybridized carbons (Fsp3) is 0.150. The first-order valence-electron chi connectivity index (χ1n) is 8.33. The molecule has 0 saturated heterocycles. The minimum Gasteiger partial charge on any atom is -0.490 e. The molecule has 3 N–H and O–H groups in total. The number of ether oxygens (including phenoxy) is 2. The van der Waals surface area contributed by atoms with Gasteiger partial charge in [-0.05, 0) is 31.2 Å². The molecule has 7 heteroatoms. The van der Waals surface area contributed by atoms with Crippen LogP contribution in [0.1, 0.15) is 16.1 Å². The highest BCUT2D eigenvalue weighted by Gasteiger charge is 2.21. The van der Waals surface area contributed by atoms with E-state index in [1.54, 1.807) is 31.2 Å². The fourth-order valence-electron chi connectivity index (χ4n) is 2.66. The molecule has 0 spiro atoms. The van der Waals surface area contributed by atoms with E-state index in [1.165, 1.54) is 0 Å². The summed E-state index contributed by atoms with van der Waals surface area (Å²) in [6.07, 6.45) is 0. The van der Waals surface area contributed by atoms with Gasteiger partial charge in [-0.2, -0.15) is 0 Å². The summed E-state index contributed by atoms with van der Waals surface area (Å²) in [5, 5.41) is 9.55. The van der Waals surface area contributed by atoms with E-state index in [0.717, 1.165) is 5.75 Å². The van der Waals surface area contributed by atoms with Crippen LogP contribution in [0.5, 0.6) is 11.5 Å². The molecule has 138 valence electrons. The maximum absolute atomic E-state index is 11.7. The van der Waals surface area contributed by atoms with Crippen LogP contribution in [0.2, 0.25) is 0 Å². The number of aromatic carboxylic acids is 1. The topological polar surface area (TPSA) is 108 Å². The fourth-order valence-corrected chi connectivity index (χ4v) is 2.66. The summed E-state index contributed by atoms with van der Waals surface area (Å²) in [6, 6.07) is 16.5. The number of hydrogen-bond acceptors (Lipinski definition) is 6. The van der Waals surface area contributed by atoms with Crippen molar-refractivity contribution in [3.05, 3.63) is 65.9 Å². The Morgan fingerprint density at radius 2 is 1.67 bits per heavy atom. The Morgan fingerprint density at radius 3 is 2.41 bits per heavy atom. The molecule has 0 aliphatic rings. The molecule has 2 aromatic carbocycles. The largest absolute Gasteiger partial charge is 0.490 e. The second-order valence-corrected chi connectivity index (χ2v) is 5.70.